The van der Waals surface area contributed by atoms with Gasteiger partial charge in [0, 0.05) is 31.4 Å². The molecule has 2 aromatic carbocycles. The first-order valence-electron chi connectivity index (χ1n) is 11.9. The number of rotatable bonds is 4. The van der Waals surface area contributed by atoms with Crippen LogP contribution in [0.2, 0.25) is 5.02 Å². The Kier molecular flexibility index (Phi) is 7.59. The van der Waals surface area contributed by atoms with Crippen molar-refractivity contribution >= 4 is 23.3 Å². The van der Waals surface area contributed by atoms with Crippen LogP contribution in [0.15, 0.2) is 36.4 Å². The van der Waals surface area contributed by atoms with Crippen molar-refractivity contribution in [3.63, 3.8) is 0 Å². The zero-order valence-corrected chi connectivity index (χ0v) is 19.7. The number of anilines is 1. The number of halogens is 1. The zero-order valence-electron chi connectivity index (χ0n) is 18.9. The Morgan fingerprint density at radius 1 is 1.09 bits per heavy atom. The van der Waals surface area contributed by atoms with Gasteiger partial charge >= 0.3 is 6.03 Å². The van der Waals surface area contributed by atoms with Crippen molar-refractivity contribution in [1.82, 2.24) is 9.80 Å². The number of amides is 2. The van der Waals surface area contributed by atoms with Gasteiger partial charge in [0.15, 0.2) is 0 Å². The number of urea groups is 1. The summed E-state index contributed by atoms with van der Waals surface area (Å²) >= 11 is 6.14. The Balaban J connectivity index is 1.43. The van der Waals surface area contributed by atoms with Crippen LogP contribution in [-0.4, -0.2) is 53.7 Å². The molecule has 2 aliphatic rings. The maximum absolute atomic E-state index is 12.8. The number of fused-ring (bicyclic) bond motifs is 1. The number of phenols is 1. The van der Waals surface area contributed by atoms with E-state index in [0.29, 0.717) is 11.1 Å². The second-order valence-electron chi connectivity index (χ2n) is 9.19. The molecule has 2 aliphatic heterocycles. The summed E-state index contributed by atoms with van der Waals surface area (Å²) in [5.74, 6) is 0.162. The maximum atomic E-state index is 12.8. The van der Waals surface area contributed by atoms with E-state index in [2.05, 4.69) is 23.3 Å². The minimum atomic E-state index is 0.0206. The molecule has 4 rings (SSSR count). The van der Waals surface area contributed by atoms with Gasteiger partial charge in [-0.15, -0.1) is 0 Å². The topological polar surface area (TPSA) is 55.8 Å². The van der Waals surface area contributed by atoms with Gasteiger partial charge in [0.2, 0.25) is 0 Å². The van der Waals surface area contributed by atoms with Crippen LogP contribution in [0.25, 0.3) is 0 Å². The van der Waals surface area contributed by atoms with Gasteiger partial charge in [-0.1, -0.05) is 42.6 Å². The molecule has 2 aromatic rings. The fourth-order valence-corrected chi connectivity index (χ4v) is 5.12. The van der Waals surface area contributed by atoms with Gasteiger partial charge in [0.25, 0.3) is 0 Å². The maximum Gasteiger partial charge on any atom is 0.321 e. The molecule has 0 radical (unpaired) electrons. The molecule has 1 unspecified atom stereocenters. The van der Waals surface area contributed by atoms with Crippen LogP contribution < -0.4 is 5.32 Å². The van der Waals surface area contributed by atoms with E-state index in [9.17, 15) is 9.90 Å². The van der Waals surface area contributed by atoms with Gasteiger partial charge < -0.3 is 20.2 Å². The summed E-state index contributed by atoms with van der Waals surface area (Å²) in [4.78, 5) is 17.2. The number of hydrogen-bond donors (Lipinski definition) is 2. The van der Waals surface area contributed by atoms with Crippen LogP contribution in [0.3, 0.4) is 0 Å². The molecular formula is C26H34ClN3O2. The molecule has 0 aromatic heterocycles. The molecule has 1 saturated heterocycles. The molecule has 0 aliphatic carbocycles. The van der Waals surface area contributed by atoms with Crippen LogP contribution in [-0.2, 0) is 19.3 Å². The van der Waals surface area contributed by atoms with Crippen LogP contribution in [0.5, 0.6) is 5.75 Å². The summed E-state index contributed by atoms with van der Waals surface area (Å²) in [6.45, 7) is 2.65. The molecule has 1 atom stereocenters. The molecule has 2 amide bonds. The normalized spacial score (nSPS) is 19.7. The third kappa shape index (κ3) is 5.57. The minimum absolute atomic E-state index is 0.0206. The van der Waals surface area contributed by atoms with Crippen LogP contribution in [0.4, 0.5) is 10.5 Å². The first-order chi connectivity index (χ1) is 15.5. The predicted octanol–water partition coefficient (Wildman–Crippen LogP) is 5.49. The quantitative estimate of drug-likeness (QED) is 0.641. The highest BCUT2D eigenvalue weighted by Crippen LogP contribution is 2.31. The second-order valence-corrected chi connectivity index (χ2v) is 9.60. The predicted molar refractivity (Wildman–Crippen MR) is 131 cm³/mol. The fourth-order valence-electron chi connectivity index (χ4n) is 4.93. The van der Waals surface area contributed by atoms with Crippen molar-refractivity contribution in [1.29, 1.82) is 0 Å². The summed E-state index contributed by atoms with van der Waals surface area (Å²) in [7, 11) is 2.17. The Morgan fingerprint density at radius 2 is 1.84 bits per heavy atom. The average molecular weight is 456 g/mol. The van der Waals surface area contributed by atoms with Gasteiger partial charge in [-0.2, -0.15) is 0 Å². The van der Waals surface area contributed by atoms with Crippen LogP contribution in [0, 0.1) is 0 Å². The number of benzene rings is 2. The molecule has 0 saturated carbocycles. The van der Waals surface area contributed by atoms with Crippen molar-refractivity contribution in [3.8, 4) is 5.75 Å². The van der Waals surface area contributed by atoms with Gasteiger partial charge in [0.05, 0.1) is 5.02 Å². The third-order valence-electron chi connectivity index (χ3n) is 6.98. The van der Waals surface area contributed by atoms with Crippen molar-refractivity contribution in [2.45, 2.75) is 57.4 Å². The van der Waals surface area contributed by atoms with Crippen LogP contribution >= 0.6 is 11.6 Å². The smallest absolute Gasteiger partial charge is 0.321 e. The Morgan fingerprint density at radius 3 is 2.62 bits per heavy atom. The number of nitrogens with one attached hydrogen (secondary N) is 1. The lowest BCUT2D eigenvalue weighted by molar-refractivity contribution is 0.213. The molecule has 2 heterocycles. The highest BCUT2D eigenvalue weighted by molar-refractivity contribution is 6.32. The highest BCUT2D eigenvalue weighted by Gasteiger charge is 2.23. The number of aryl methyl sites for hydroxylation is 1. The fraction of sp³-hybridized carbons (Fsp3) is 0.500. The number of likely N-dealkylation sites (N-methyl/N-ethyl adjacent to an activating group) is 1. The van der Waals surface area contributed by atoms with Crippen molar-refractivity contribution in [2.24, 2.45) is 0 Å². The highest BCUT2D eigenvalue weighted by atomic mass is 35.5. The van der Waals surface area contributed by atoms with Gasteiger partial charge in [0.1, 0.15) is 5.75 Å². The van der Waals surface area contributed by atoms with Gasteiger partial charge in [-0.05, 0) is 80.5 Å². The van der Waals surface area contributed by atoms with E-state index in [4.69, 9.17) is 11.6 Å². The zero-order chi connectivity index (χ0) is 22.5. The molecule has 2 N–H and O–H groups in total. The van der Waals surface area contributed by atoms with E-state index >= 15 is 0 Å². The molecule has 1 fully saturated rings. The Labute approximate surface area is 196 Å². The third-order valence-corrected chi connectivity index (χ3v) is 7.28. The average Bonchev–Trinajstić information content (AvgIpc) is 3.14. The van der Waals surface area contributed by atoms with E-state index in [1.165, 1.54) is 29.5 Å². The van der Waals surface area contributed by atoms with Crippen LogP contribution in [0.1, 0.15) is 48.8 Å². The van der Waals surface area contributed by atoms with E-state index in [1.807, 2.05) is 35.2 Å². The molecular weight excluding hydrogens is 422 g/mol. The van der Waals surface area contributed by atoms with Crippen molar-refractivity contribution in [3.05, 3.63) is 58.1 Å². The summed E-state index contributed by atoms with van der Waals surface area (Å²) in [5.41, 5.74) is 4.51. The lowest BCUT2D eigenvalue weighted by Crippen LogP contribution is -2.36. The number of hydrogen-bond acceptors (Lipinski definition) is 3. The molecule has 5 nitrogen and oxygen atoms in total. The lowest BCUT2D eigenvalue weighted by atomic mass is 9.96. The number of carbonyl (C=O) groups excluding carboxylic acids is 1. The summed E-state index contributed by atoms with van der Waals surface area (Å²) in [6.07, 6.45) is 8.29. The standard InChI is InChI=1S/C26H34ClN3O2/c1-29-15-12-20-17-23(27)25(31)18-21(20)16-22(29)11-10-19-8-4-5-9-24(19)28-26(32)30-13-6-2-3-7-14-30/h4-5,8-9,17-18,22,31H,2-3,6-7,10-16H2,1H3,(H,28,32). The molecule has 0 bridgehead atoms. The first kappa shape index (κ1) is 22.9. The van der Waals surface area contributed by atoms with E-state index in [0.717, 1.165) is 63.8 Å². The number of aromatic hydroxyl groups is 1. The van der Waals surface area contributed by atoms with Gasteiger partial charge in [-0.25, -0.2) is 4.79 Å². The minimum Gasteiger partial charge on any atom is -0.506 e. The molecule has 6 heteroatoms. The first-order valence-corrected chi connectivity index (χ1v) is 12.2. The second kappa shape index (κ2) is 10.6. The van der Waals surface area contributed by atoms with E-state index < -0.39 is 0 Å². The van der Waals surface area contributed by atoms with Gasteiger partial charge in [-0.3, -0.25) is 0 Å². The molecule has 0 spiro atoms. The summed E-state index contributed by atoms with van der Waals surface area (Å²) < 4.78 is 0. The number of nitrogens with zero attached hydrogens (tertiary/aromatic N) is 2. The van der Waals surface area contributed by atoms with E-state index in [-0.39, 0.29) is 11.8 Å². The summed E-state index contributed by atoms with van der Waals surface area (Å²) in [5, 5.41) is 13.7. The number of para-hydroxylation sites is 1. The largest absolute Gasteiger partial charge is 0.506 e. The molecule has 32 heavy (non-hydrogen) atoms. The summed E-state index contributed by atoms with van der Waals surface area (Å²) in [6, 6.07) is 12.3. The van der Waals surface area contributed by atoms with E-state index in [1.54, 1.807) is 0 Å². The Bertz CT molecular complexity index is 941. The number of phenolic OH excluding ortho intramolecular Hbond substituents is 1. The monoisotopic (exact) mass is 455 g/mol. The Hall–Kier alpha value is -2.24. The number of likely N-dealkylation sites (tertiary alicyclic amines) is 1. The molecule has 172 valence electrons. The lowest BCUT2D eigenvalue weighted by Gasteiger charge is -2.26. The van der Waals surface area contributed by atoms with Crippen molar-refractivity contribution < 1.29 is 9.90 Å². The number of carbonyl (C=O) groups is 1. The SMILES string of the molecule is CN1CCc2cc(Cl)c(O)cc2CC1CCc1ccccc1NC(=O)N1CCCCCC1. The van der Waals surface area contributed by atoms with Crippen molar-refractivity contribution in [2.75, 3.05) is 32.0 Å².